The normalized spacial score (nSPS) is 24.1. The summed E-state index contributed by atoms with van der Waals surface area (Å²) in [5.74, 6) is 0.887. The number of carbonyl (C=O) groups excluding carboxylic acids is 1. The van der Waals surface area contributed by atoms with E-state index in [2.05, 4.69) is 22.3 Å². The molecule has 3 heterocycles. The molecule has 1 aliphatic carbocycles. The minimum absolute atomic E-state index is 0.0435. The largest absolute Gasteiger partial charge is 0.337 e. The van der Waals surface area contributed by atoms with Crippen LogP contribution in [0.3, 0.4) is 0 Å². The average Bonchev–Trinajstić information content (AvgIpc) is 3.14. The van der Waals surface area contributed by atoms with Gasteiger partial charge in [-0.2, -0.15) is 5.10 Å². The molecule has 1 saturated heterocycles. The number of hydrogen-bond acceptors (Lipinski definition) is 5. The van der Waals surface area contributed by atoms with Crippen molar-refractivity contribution in [2.75, 3.05) is 7.05 Å². The van der Waals surface area contributed by atoms with Crippen LogP contribution in [0.5, 0.6) is 0 Å². The number of likely N-dealkylation sites (N-methyl/N-ethyl adjacent to an activating group) is 1. The Labute approximate surface area is 145 Å². The lowest BCUT2D eigenvalue weighted by molar-refractivity contribution is -0.127. The van der Waals surface area contributed by atoms with Crippen LogP contribution >= 0.6 is 11.3 Å². The summed E-state index contributed by atoms with van der Waals surface area (Å²) in [4.78, 5) is 19.9. The molecule has 1 N–H and O–H groups in total. The Hall–Kier alpha value is -1.73. The zero-order chi connectivity index (χ0) is 16.8. The molecule has 2 atom stereocenters. The molecule has 0 unspecified atom stereocenters. The van der Waals surface area contributed by atoms with E-state index in [0.29, 0.717) is 12.3 Å². The summed E-state index contributed by atoms with van der Waals surface area (Å²) in [5.41, 5.74) is 2.24. The van der Waals surface area contributed by atoms with Crippen LogP contribution in [0.25, 0.3) is 0 Å². The van der Waals surface area contributed by atoms with Crippen LogP contribution in [0.15, 0.2) is 12.4 Å². The molecule has 0 aromatic carbocycles. The second-order valence-corrected chi connectivity index (χ2v) is 8.04. The van der Waals surface area contributed by atoms with Gasteiger partial charge in [-0.05, 0) is 19.8 Å². The maximum atomic E-state index is 12.2. The van der Waals surface area contributed by atoms with Crippen molar-refractivity contribution in [2.45, 2.75) is 50.7 Å². The van der Waals surface area contributed by atoms with Gasteiger partial charge in [-0.25, -0.2) is 4.98 Å². The summed E-state index contributed by atoms with van der Waals surface area (Å²) >= 11 is 1.80. The third-order valence-corrected chi connectivity index (χ3v) is 6.37. The Bertz CT molecular complexity index is 763. The Morgan fingerprint density at radius 3 is 2.79 bits per heavy atom. The Morgan fingerprint density at radius 2 is 2.12 bits per heavy atom. The molecule has 24 heavy (non-hydrogen) atoms. The smallest absolute Gasteiger partial charge is 0.224 e. The summed E-state index contributed by atoms with van der Waals surface area (Å²) < 4.78 is 1.87. The topological polar surface area (TPSA) is 63.1 Å². The molecule has 2 fully saturated rings. The standard InChI is InChI=1S/C17H23N5OS/c1-10-13(9-20-22(10)3)16-14(6-15(23)21(16)2)18-7-12-8-19-17(24-12)11-4-5-11/h8-9,11,14,16,18H,4-7H2,1-3H3/t14-,16+/m1/s1. The van der Waals surface area contributed by atoms with Gasteiger partial charge < -0.3 is 10.2 Å². The molecule has 0 spiro atoms. The van der Waals surface area contributed by atoms with E-state index < -0.39 is 0 Å². The van der Waals surface area contributed by atoms with Gasteiger partial charge in [0, 0.05) is 61.4 Å². The quantitative estimate of drug-likeness (QED) is 0.902. The number of aromatic nitrogens is 3. The molecular weight excluding hydrogens is 322 g/mol. The monoisotopic (exact) mass is 345 g/mol. The zero-order valence-electron chi connectivity index (χ0n) is 14.3. The van der Waals surface area contributed by atoms with Crippen molar-refractivity contribution in [1.29, 1.82) is 0 Å². The van der Waals surface area contributed by atoms with Crippen molar-refractivity contribution in [3.8, 4) is 0 Å². The van der Waals surface area contributed by atoms with Crippen LogP contribution in [0.2, 0.25) is 0 Å². The van der Waals surface area contributed by atoms with Crippen molar-refractivity contribution in [3.63, 3.8) is 0 Å². The molecule has 128 valence electrons. The lowest BCUT2D eigenvalue weighted by Crippen LogP contribution is -2.34. The summed E-state index contributed by atoms with van der Waals surface area (Å²) in [6.45, 7) is 2.83. The maximum absolute atomic E-state index is 12.2. The first-order valence-electron chi connectivity index (χ1n) is 8.46. The van der Waals surface area contributed by atoms with E-state index in [9.17, 15) is 4.79 Å². The van der Waals surface area contributed by atoms with Crippen LogP contribution in [-0.4, -0.2) is 38.7 Å². The lowest BCUT2D eigenvalue weighted by Gasteiger charge is -2.25. The number of aryl methyl sites for hydroxylation is 1. The van der Waals surface area contributed by atoms with Gasteiger partial charge in [0.1, 0.15) is 0 Å². The molecule has 2 aromatic rings. The van der Waals surface area contributed by atoms with Crippen molar-refractivity contribution in [2.24, 2.45) is 7.05 Å². The first kappa shape index (κ1) is 15.8. The highest BCUT2D eigenvalue weighted by molar-refractivity contribution is 7.11. The third-order valence-electron chi connectivity index (χ3n) is 5.21. The van der Waals surface area contributed by atoms with E-state index >= 15 is 0 Å². The molecule has 1 aliphatic heterocycles. The van der Waals surface area contributed by atoms with Crippen molar-refractivity contribution in [3.05, 3.63) is 33.5 Å². The first-order chi connectivity index (χ1) is 11.5. The molecule has 1 saturated carbocycles. The number of likely N-dealkylation sites (tertiary alicyclic amines) is 1. The summed E-state index contributed by atoms with van der Waals surface area (Å²) in [7, 11) is 3.83. The second kappa shape index (κ2) is 5.97. The Balaban J connectivity index is 1.49. The second-order valence-electron chi connectivity index (χ2n) is 6.89. The SMILES string of the molecule is Cc1c([C@H]2[C@H](NCc3cnc(C4CC4)s3)CC(=O)N2C)cnn1C. The predicted octanol–water partition coefficient (Wildman–Crippen LogP) is 2.12. The Kier molecular flexibility index (Phi) is 3.92. The van der Waals surface area contributed by atoms with Crippen LogP contribution < -0.4 is 5.32 Å². The lowest BCUT2D eigenvalue weighted by atomic mass is 10.0. The molecule has 0 bridgehead atoms. The third kappa shape index (κ3) is 2.75. The summed E-state index contributed by atoms with van der Waals surface area (Å²) in [6, 6.07) is 0.152. The zero-order valence-corrected chi connectivity index (χ0v) is 15.1. The van der Waals surface area contributed by atoms with Gasteiger partial charge in [0.15, 0.2) is 0 Å². The number of rotatable bonds is 5. The maximum Gasteiger partial charge on any atom is 0.224 e. The fraction of sp³-hybridized carbons (Fsp3) is 0.588. The number of nitrogens with one attached hydrogen (secondary N) is 1. The molecule has 2 aromatic heterocycles. The van der Waals surface area contributed by atoms with E-state index in [1.165, 1.54) is 22.7 Å². The summed E-state index contributed by atoms with van der Waals surface area (Å²) in [6.07, 6.45) is 6.97. The van der Waals surface area contributed by atoms with Gasteiger partial charge in [0.05, 0.1) is 17.2 Å². The van der Waals surface area contributed by atoms with Gasteiger partial charge >= 0.3 is 0 Å². The van der Waals surface area contributed by atoms with E-state index in [1.54, 1.807) is 11.3 Å². The molecule has 6 nitrogen and oxygen atoms in total. The van der Waals surface area contributed by atoms with E-state index in [-0.39, 0.29) is 18.0 Å². The van der Waals surface area contributed by atoms with Crippen molar-refractivity contribution >= 4 is 17.2 Å². The predicted molar refractivity (Wildman–Crippen MR) is 92.8 cm³/mol. The number of carbonyl (C=O) groups is 1. The van der Waals surface area contributed by atoms with E-state index in [1.807, 2.05) is 36.1 Å². The minimum atomic E-state index is 0.0435. The van der Waals surface area contributed by atoms with Gasteiger partial charge in [0.2, 0.25) is 5.91 Å². The molecular formula is C17H23N5OS. The summed E-state index contributed by atoms with van der Waals surface area (Å²) in [5, 5.41) is 9.20. The number of amides is 1. The number of hydrogen-bond donors (Lipinski definition) is 1. The van der Waals surface area contributed by atoms with Crippen molar-refractivity contribution < 1.29 is 4.79 Å². The molecule has 2 aliphatic rings. The van der Waals surface area contributed by atoms with Crippen LogP contribution in [0.1, 0.15) is 52.4 Å². The van der Waals surface area contributed by atoms with Crippen molar-refractivity contribution in [1.82, 2.24) is 25.0 Å². The highest BCUT2D eigenvalue weighted by atomic mass is 32.1. The van der Waals surface area contributed by atoms with Crippen LogP contribution in [0, 0.1) is 6.92 Å². The molecule has 7 heteroatoms. The van der Waals surface area contributed by atoms with E-state index in [0.717, 1.165) is 17.8 Å². The van der Waals surface area contributed by atoms with E-state index in [4.69, 9.17) is 0 Å². The fourth-order valence-electron chi connectivity index (χ4n) is 3.44. The Morgan fingerprint density at radius 1 is 1.33 bits per heavy atom. The van der Waals surface area contributed by atoms with Gasteiger partial charge in [-0.1, -0.05) is 0 Å². The number of nitrogens with zero attached hydrogens (tertiary/aromatic N) is 4. The minimum Gasteiger partial charge on any atom is -0.337 e. The molecule has 4 rings (SSSR count). The highest BCUT2D eigenvalue weighted by Crippen LogP contribution is 2.42. The highest BCUT2D eigenvalue weighted by Gasteiger charge is 2.39. The molecule has 0 radical (unpaired) electrons. The van der Waals surface area contributed by atoms with Gasteiger partial charge in [-0.15, -0.1) is 11.3 Å². The van der Waals surface area contributed by atoms with Crippen LogP contribution in [-0.2, 0) is 18.4 Å². The van der Waals surface area contributed by atoms with Crippen LogP contribution in [0.4, 0.5) is 0 Å². The number of thiazole rings is 1. The fourth-order valence-corrected chi connectivity index (χ4v) is 4.48. The first-order valence-corrected chi connectivity index (χ1v) is 9.28. The molecule has 1 amide bonds. The average molecular weight is 345 g/mol. The van der Waals surface area contributed by atoms with Gasteiger partial charge in [-0.3, -0.25) is 9.48 Å². The van der Waals surface area contributed by atoms with Gasteiger partial charge in [0.25, 0.3) is 0 Å².